The van der Waals surface area contributed by atoms with E-state index in [1.54, 1.807) is 0 Å². The van der Waals surface area contributed by atoms with Crippen LogP contribution in [0.4, 0.5) is 17.1 Å². The van der Waals surface area contributed by atoms with E-state index in [1.807, 2.05) is 0 Å². The lowest BCUT2D eigenvalue weighted by Crippen LogP contribution is -2.10. The van der Waals surface area contributed by atoms with Gasteiger partial charge in [0.05, 0.1) is 11.0 Å². The molecule has 0 aliphatic carbocycles. The molecule has 11 rings (SSSR count). The maximum absolute atomic E-state index is 2.39. The predicted octanol–water partition coefficient (Wildman–Crippen LogP) is 15.6. The van der Waals surface area contributed by atoms with Crippen LogP contribution in [-0.4, -0.2) is 4.57 Å². The Balaban J connectivity index is 1.09. The number of rotatable bonds is 7. The van der Waals surface area contributed by atoms with Crippen molar-refractivity contribution in [2.24, 2.45) is 0 Å². The van der Waals surface area contributed by atoms with E-state index in [0.717, 1.165) is 22.7 Å². The molecule has 0 spiro atoms. The van der Waals surface area contributed by atoms with Crippen LogP contribution in [0.2, 0.25) is 0 Å². The highest BCUT2D eigenvalue weighted by molar-refractivity contribution is 6.21. The lowest BCUT2D eigenvalue weighted by atomic mass is 9.86. The summed E-state index contributed by atoms with van der Waals surface area (Å²) in [5.41, 5.74) is 14.2. The van der Waals surface area contributed by atoms with Crippen LogP contribution in [0, 0.1) is 0 Å². The fourth-order valence-corrected chi connectivity index (χ4v) is 8.97. The van der Waals surface area contributed by atoms with Gasteiger partial charge < -0.3 is 9.47 Å². The van der Waals surface area contributed by atoms with E-state index in [9.17, 15) is 0 Å². The Bertz CT molecular complexity index is 3180. The molecule has 0 fully saturated rings. The van der Waals surface area contributed by atoms with E-state index in [1.165, 1.54) is 76.7 Å². The Labute approximate surface area is 338 Å². The quantitative estimate of drug-likeness (QED) is 0.148. The molecule has 0 amide bonds. The van der Waals surface area contributed by atoms with Gasteiger partial charge in [-0.2, -0.15) is 0 Å². The van der Waals surface area contributed by atoms with Crippen molar-refractivity contribution < 1.29 is 0 Å². The molecule has 0 aliphatic rings. The molecule has 0 bridgehead atoms. The zero-order valence-electron chi connectivity index (χ0n) is 31.8. The first-order valence-electron chi connectivity index (χ1n) is 19.9. The van der Waals surface area contributed by atoms with Crippen LogP contribution in [0.15, 0.2) is 231 Å². The minimum atomic E-state index is 1.09. The van der Waals surface area contributed by atoms with Crippen LogP contribution < -0.4 is 4.90 Å². The summed E-state index contributed by atoms with van der Waals surface area (Å²) in [4.78, 5) is 2.39. The zero-order chi connectivity index (χ0) is 38.4. The monoisotopic (exact) mass is 738 g/mol. The molecule has 0 saturated carbocycles. The molecule has 0 N–H and O–H groups in total. The van der Waals surface area contributed by atoms with E-state index in [-0.39, 0.29) is 0 Å². The Kier molecular flexibility index (Phi) is 8.19. The molecular formula is C56H38N2. The highest BCUT2D eigenvalue weighted by atomic mass is 15.1. The summed E-state index contributed by atoms with van der Waals surface area (Å²) < 4.78 is 2.37. The second-order valence-electron chi connectivity index (χ2n) is 14.9. The number of para-hydroxylation sites is 2. The molecule has 1 heterocycles. The van der Waals surface area contributed by atoms with Gasteiger partial charge >= 0.3 is 0 Å². The van der Waals surface area contributed by atoms with Crippen molar-refractivity contribution in [1.29, 1.82) is 0 Å². The third kappa shape index (κ3) is 5.66. The standard InChI is InChI=1S/C56H38N2/c1-4-16-39(17-5-1)40-28-32-44(33-29-40)57(46-36-37-54-52(38-46)47-22-14-15-27-53(47)58(54)43-20-8-3-9-21-43)45-34-30-42(31-35-45)56-50-25-12-10-23-48(50)55(41-18-6-2-7-19-41)49-24-11-13-26-51(49)56/h1-38H. The minimum Gasteiger partial charge on any atom is -0.310 e. The fraction of sp³-hybridized carbons (Fsp3) is 0. The van der Waals surface area contributed by atoms with Gasteiger partial charge in [0.2, 0.25) is 0 Å². The lowest BCUT2D eigenvalue weighted by Gasteiger charge is -2.26. The molecule has 0 radical (unpaired) electrons. The molecule has 58 heavy (non-hydrogen) atoms. The highest BCUT2D eigenvalue weighted by Gasteiger charge is 2.20. The number of benzene rings is 10. The Hall–Kier alpha value is -7.68. The van der Waals surface area contributed by atoms with Gasteiger partial charge in [-0.1, -0.05) is 170 Å². The van der Waals surface area contributed by atoms with Crippen molar-refractivity contribution in [2.45, 2.75) is 0 Å². The molecule has 0 atom stereocenters. The van der Waals surface area contributed by atoms with Gasteiger partial charge in [-0.3, -0.25) is 0 Å². The van der Waals surface area contributed by atoms with E-state index in [2.05, 4.69) is 240 Å². The minimum absolute atomic E-state index is 1.09. The molecule has 272 valence electrons. The number of anilines is 3. The SMILES string of the molecule is c1ccc(-c2ccc(N(c3ccc(-c4c5ccccc5c(-c5ccccc5)c5ccccc45)cc3)c3ccc4c(c3)c3ccccc3n4-c3ccccc3)cc2)cc1. The second-order valence-corrected chi connectivity index (χ2v) is 14.9. The number of hydrogen-bond acceptors (Lipinski definition) is 1. The number of fused-ring (bicyclic) bond motifs is 5. The molecule has 2 nitrogen and oxygen atoms in total. The van der Waals surface area contributed by atoms with Gasteiger partial charge in [-0.25, -0.2) is 0 Å². The predicted molar refractivity (Wildman–Crippen MR) is 247 cm³/mol. The summed E-state index contributed by atoms with van der Waals surface area (Å²) in [6.07, 6.45) is 0. The molecular weight excluding hydrogens is 701 g/mol. The summed E-state index contributed by atoms with van der Waals surface area (Å²) in [5.74, 6) is 0. The molecule has 10 aromatic carbocycles. The summed E-state index contributed by atoms with van der Waals surface area (Å²) in [6, 6.07) is 83.6. The maximum atomic E-state index is 2.39. The third-order valence-corrected chi connectivity index (χ3v) is 11.6. The number of hydrogen-bond donors (Lipinski definition) is 0. The lowest BCUT2D eigenvalue weighted by molar-refractivity contribution is 1.18. The van der Waals surface area contributed by atoms with Gasteiger partial charge in [-0.05, 0) is 116 Å². The highest BCUT2D eigenvalue weighted by Crippen LogP contribution is 2.45. The van der Waals surface area contributed by atoms with Gasteiger partial charge in [0.15, 0.2) is 0 Å². The summed E-state index contributed by atoms with van der Waals surface area (Å²) in [7, 11) is 0. The smallest absolute Gasteiger partial charge is 0.0542 e. The maximum Gasteiger partial charge on any atom is 0.0542 e. The zero-order valence-corrected chi connectivity index (χ0v) is 31.8. The van der Waals surface area contributed by atoms with Crippen LogP contribution in [0.3, 0.4) is 0 Å². The van der Waals surface area contributed by atoms with Crippen molar-refractivity contribution in [3.63, 3.8) is 0 Å². The Morgan fingerprint density at radius 1 is 0.259 bits per heavy atom. The topological polar surface area (TPSA) is 8.17 Å². The molecule has 2 heteroatoms. The number of aromatic nitrogens is 1. The number of nitrogens with zero attached hydrogens (tertiary/aromatic N) is 2. The molecule has 11 aromatic rings. The van der Waals surface area contributed by atoms with E-state index < -0.39 is 0 Å². The van der Waals surface area contributed by atoms with Crippen molar-refractivity contribution >= 4 is 60.4 Å². The van der Waals surface area contributed by atoms with E-state index >= 15 is 0 Å². The summed E-state index contributed by atoms with van der Waals surface area (Å²) >= 11 is 0. The van der Waals surface area contributed by atoms with Gasteiger partial charge in [0.25, 0.3) is 0 Å². The van der Waals surface area contributed by atoms with Crippen molar-refractivity contribution in [2.75, 3.05) is 4.90 Å². The molecule has 0 unspecified atom stereocenters. The van der Waals surface area contributed by atoms with Crippen LogP contribution >= 0.6 is 0 Å². The normalized spacial score (nSPS) is 11.4. The second kappa shape index (κ2) is 14.1. The fourth-order valence-electron chi connectivity index (χ4n) is 8.97. The Morgan fingerprint density at radius 3 is 1.19 bits per heavy atom. The van der Waals surface area contributed by atoms with Crippen molar-refractivity contribution in [1.82, 2.24) is 4.57 Å². The van der Waals surface area contributed by atoms with Gasteiger partial charge in [-0.15, -0.1) is 0 Å². The van der Waals surface area contributed by atoms with E-state index in [0.29, 0.717) is 0 Å². The summed E-state index contributed by atoms with van der Waals surface area (Å²) in [6.45, 7) is 0. The Morgan fingerprint density at radius 2 is 0.638 bits per heavy atom. The molecule has 1 aromatic heterocycles. The average molecular weight is 739 g/mol. The van der Waals surface area contributed by atoms with Gasteiger partial charge in [0.1, 0.15) is 0 Å². The molecule has 0 saturated heterocycles. The van der Waals surface area contributed by atoms with Crippen molar-refractivity contribution in [3.05, 3.63) is 231 Å². The van der Waals surface area contributed by atoms with Crippen LogP contribution in [0.5, 0.6) is 0 Å². The summed E-state index contributed by atoms with van der Waals surface area (Å²) in [5, 5.41) is 7.47. The van der Waals surface area contributed by atoms with Crippen LogP contribution in [0.1, 0.15) is 0 Å². The van der Waals surface area contributed by atoms with Gasteiger partial charge in [0, 0.05) is 33.5 Å². The van der Waals surface area contributed by atoms with Crippen LogP contribution in [-0.2, 0) is 0 Å². The van der Waals surface area contributed by atoms with Crippen molar-refractivity contribution in [3.8, 4) is 39.1 Å². The first-order chi connectivity index (χ1) is 28.8. The first-order valence-corrected chi connectivity index (χ1v) is 19.9. The van der Waals surface area contributed by atoms with E-state index in [4.69, 9.17) is 0 Å². The average Bonchev–Trinajstić information content (AvgIpc) is 3.63. The molecule has 0 aliphatic heterocycles. The third-order valence-electron chi connectivity index (χ3n) is 11.6. The van der Waals surface area contributed by atoms with Crippen LogP contribution in [0.25, 0.3) is 82.4 Å². The largest absolute Gasteiger partial charge is 0.310 e. The first kappa shape index (κ1) is 33.6.